The van der Waals surface area contributed by atoms with Crippen molar-refractivity contribution in [1.29, 1.82) is 0 Å². The van der Waals surface area contributed by atoms with E-state index in [1.807, 2.05) is 27.7 Å². The lowest BCUT2D eigenvalue weighted by molar-refractivity contribution is -0.123. The molecule has 0 heterocycles. The molecule has 0 aliphatic carbocycles. The molecule has 22 heavy (non-hydrogen) atoms. The second-order valence-electron chi connectivity index (χ2n) is 5.98. The Labute approximate surface area is 132 Å². The lowest BCUT2D eigenvalue weighted by Gasteiger charge is -2.18. The van der Waals surface area contributed by atoms with Gasteiger partial charge >= 0.3 is 5.97 Å². The number of benzene rings is 1. The van der Waals surface area contributed by atoms with Crippen molar-refractivity contribution in [1.82, 2.24) is 0 Å². The Balaban J connectivity index is 3.05. The molecule has 1 rings (SSSR count). The van der Waals surface area contributed by atoms with E-state index in [1.54, 1.807) is 25.1 Å². The molecule has 0 atom stereocenters. The number of hydrogen-bond donors (Lipinski definition) is 1. The Bertz CT molecular complexity index is 532. The van der Waals surface area contributed by atoms with Gasteiger partial charge in [-0.25, -0.2) is 4.79 Å². The van der Waals surface area contributed by atoms with Crippen LogP contribution in [0.3, 0.4) is 0 Å². The summed E-state index contributed by atoms with van der Waals surface area (Å²) in [5.74, 6) is -0.112. The highest BCUT2D eigenvalue weighted by molar-refractivity contribution is 5.98. The molecule has 1 amide bonds. The molecule has 122 valence electrons. The van der Waals surface area contributed by atoms with Crippen LogP contribution in [0.5, 0.6) is 5.75 Å². The molecule has 5 heteroatoms. The highest BCUT2D eigenvalue weighted by Crippen LogP contribution is 2.25. The number of amides is 1. The fourth-order valence-electron chi connectivity index (χ4n) is 1.63. The van der Waals surface area contributed by atoms with E-state index in [4.69, 9.17) is 9.47 Å². The molecule has 0 unspecified atom stereocenters. The highest BCUT2D eigenvalue weighted by Gasteiger charge is 2.22. The molecule has 0 aliphatic heterocycles. The number of ether oxygens (including phenoxy) is 2. The third-order valence-corrected chi connectivity index (χ3v) is 2.88. The predicted octanol–water partition coefficient (Wildman–Crippen LogP) is 3.64. The van der Waals surface area contributed by atoms with Gasteiger partial charge in [0.1, 0.15) is 11.3 Å². The Morgan fingerprint density at radius 2 is 1.86 bits per heavy atom. The SMILES string of the molecule is CCCOc1ccc(NC(=O)C(C)(C)C)cc1C(=O)OCC. The Morgan fingerprint density at radius 1 is 1.18 bits per heavy atom. The van der Waals surface area contributed by atoms with Gasteiger partial charge in [-0.15, -0.1) is 0 Å². The summed E-state index contributed by atoms with van der Waals surface area (Å²) >= 11 is 0. The van der Waals surface area contributed by atoms with Crippen molar-refractivity contribution in [3.63, 3.8) is 0 Å². The van der Waals surface area contributed by atoms with Gasteiger partial charge < -0.3 is 14.8 Å². The van der Waals surface area contributed by atoms with Gasteiger partial charge in [-0.3, -0.25) is 4.79 Å². The van der Waals surface area contributed by atoms with Crippen molar-refractivity contribution in [3.8, 4) is 5.75 Å². The van der Waals surface area contributed by atoms with Gasteiger partial charge in [-0.1, -0.05) is 27.7 Å². The average molecular weight is 307 g/mol. The first-order chi connectivity index (χ1) is 10.3. The maximum atomic E-state index is 12.0. The predicted molar refractivity (Wildman–Crippen MR) is 86.3 cm³/mol. The quantitative estimate of drug-likeness (QED) is 0.815. The van der Waals surface area contributed by atoms with Crippen LogP contribution >= 0.6 is 0 Å². The van der Waals surface area contributed by atoms with Crippen LogP contribution in [0.2, 0.25) is 0 Å². The van der Waals surface area contributed by atoms with Crippen molar-refractivity contribution in [2.45, 2.75) is 41.0 Å². The summed E-state index contributed by atoms with van der Waals surface area (Å²) in [6.45, 7) is 10.0. The van der Waals surface area contributed by atoms with Crippen LogP contribution in [-0.2, 0) is 9.53 Å². The first kappa shape index (κ1) is 18.0. The summed E-state index contributed by atoms with van der Waals surface area (Å²) in [5, 5.41) is 2.80. The van der Waals surface area contributed by atoms with Gasteiger partial charge in [0.25, 0.3) is 0 Å². The summed E-state index contributed by atoms with van der Waals surface area (Å²) in [6, 6.07) is 4.99. The molecule has 0 spiro atoms. The fraction of sp³-hybridized carbons (Fsp3) is 0.529. The summed E-state index contributed by atoms with van der Waals surface area (Å²) in [4.78, 5) is 24.1. The van der Waals surface area contributed by atoms with E-state index in [0.717, 1.165) is 6.42 Å². The van der Waals surface area contributed by atoms with Crippen LogP contribution in [0.25, 0.3) is 0 Å². The maximum absolute atomic E-state index is 12.0. The zero-order chi connectivity index (χ0) is 16.8. The summed E-state index contributed by atoms with van der Waals surface area (Å²) in [7, 11) is 0. The first-order valence-corrected chi connectivity index (χ1v) is 7.55. The van der Waals surface area contributed by atoms with E-state index >= 15 is 0 Å². The molecule has 1 aromatic carbocycles. The zero-order valence-corrected chi connectivity index (χ0v) is 14.0. The third-order valence-electron chi connectivity index (χ3n) is 2.88. The molecule has 0 bridgehead atoms. The maximum Gasteiger partial charge on any atom is 0.341 e. The van der Waals surface area contributed by atoms with Crippen LogP contribution in [0.4, 0.5) is 5.69 Å². The standard InChI is InChI=1S/C17H25NO4/c1-6-10-22-14-9-8-12(18-16(20)17(3,4)5)11-13(14)15(19)21-7-2/h8-9,11H,6-7,10H2,1-5H3,(H,18,20). The van der Waals surface area contributed by atoms with Crippen molar-refractivity contribution >= 4 is 17.6 Å². The zero-order valence-electron chi connectivity index (χ0n) is 14.0. The smallest absolute Gasteiger partial charge is 0.341 e. The molecule has 0 aliphatic rings. The highest BCUT2D eigenvalue weighted by atomic mass is 16.5. The van der Waals surface area contributed by atoms with E-state index in [9.17, 15) is 9.59 Å². The number of rotatable bonds is 6. The van der Waals surface area contributed by atoms with Gasteiger partial charge in [-0.2, -0.15) is 0 Å². The minimum absolute atomic E-state index is 0.121. The molecular weight excluding hydrogens is 282 g/mol. The average Bonchev–Trinajstić information content (AvgIpc) is 2.45. The summed E-state index contributed by atoms with van der Waals surface area (Å²) in [6.07, 6.45) is 0.838. The second kappa shape index (κ2) is 7.82. The van der Waals surface area contributed by atoms with Crippen molar-refractivity contribution in [2.24, 2.45) is 5.41 Å². The van der Waals surface area contributed by atoms with Gasteiger partial charge in [0.05, 0.1) is 13.2 Å². The normalized spacial score (nSPS) is 11.0. The van der Waals surface area contributed by atoms with Crippen LogP contribution in [0.1, 0.15) is 51.4 Å². The fourth-order valence-corrected chi connectivity index (χ4v) is 1.63. The lowest BCUT2D eigenvalue weighted by Crippen LogP contribution is -2.27. The van der Waals surface area contributed by atoms with E-state index in [2.05, 4.69) is 5.32 Å². The molecule has 1 N–H and O–H groups in total. The molecule has 0 saturated heterocycles. The summed E-state index contributed by atoms with van der Waals surface area (Å²) < 4.78 is 10.6. The largest absolute Gasteiger partial charge is 0.493 e. The number of carbonyl (C=O) groups is 2. The lowest BCUT2D eigenvalue weighted by atomic mass is 9.95. The molecule has 0 fully saturated rings. The Morgan fingerprint density at radius 3 is 2.41 bits per heavy atom. The summed E-state index contributed by atoms with van der Waals surface area (Å²) in [5.41, 5.74) is 0.357. The third kappa shape index (κ3) is 5.06. The number of esters is 1. The van der Waals surface area contributed by atoms with E-state index in [-0.39, 0.29) is 12.5 Å². The molecule has 0 saturated carbocycles. The Kier molecular flexibility index (Phi) is 6.40. The number of anilines is 1. The van der Waals surface area contributed by atoms with Crippen molar-refractivity contribution in [2.75, 3.05) is 18.5 Å². The van der Waals surface area contributed by atoms with Crippen LogP contribution in [0, 0.1) is 5.41 Å². The van der Waals surface area contributed by atoms with Gasteiger partial charge in [-0.05, 0) is 31.5 Å². The van der Waals surface area contributed by atoms with E-state index in [0.29, 0.717) is 23.6 Å². The number of hydrogen-bond acceptors (Lipinski definition) is 4. The van der Waals surface area contributed by atoms with E-state index < -0.39 is 11.4 Å². The molecule has 1 aromatic rings. The first-order valence-electron chi connectivity index (χ1n) is 7.55. The minimum Gasteiger partial charge on any atom is -0.493 e. The molecule has 0 radical (unpaired) electrons. The Hall–Kier alpha value is -2.04. The van der Waals surface area contributed by atoms with Crippen molar-refractivity contribution < 1.29 is 19.1 Å². The van der Waals surface area contributed by atoms with Gasteiger partial charge in [0, 0.05) is 11.1 Å². The molecule has 0 aromatic heterocycles. The van der Waals surface area contributed by atoms with Gasteiger partial charge in [0.2, 0.25) is 5.91 Å². The van der Waals surface area contributed by atoms with Crippen molar-refractivity contribution in [3.05, 3.63) is 23.8 Å². The minimum atomic E-state index is -0.512. The topological polar surface area (TPSA) is 64.6 Å². The monoisotopic (exact) mass is 307 g/mol. The van der Waals surface area contributed by atoms with Crippen LogP contribution in [-0.4, -0.2) is 25.1 Å². The number of nitrogens with one attached hydrogen (secondary N) is 1. The second-order valence-corrected chi connectivity index (χ2v) is 5.98. The van der Waals surface area contributed by atoms with Gasteiger partial charge in [0.15, 0.2) is 0 Å². The van der Waals surface area contributed by atoms with Crippen LogP contribution in [0.15, 0.2) is 18.2 Å². The van der Waals surface area contributed by atoms with E-state index in [1.165, 1.54) is 0 Å². The number of carbonyl (C=O) groups excluding carboxylic acids is 2. The van der Waals surface area contributed by atoms with Crippen LogP contribution < -0.4 is 10.1 Å². The molecule has 5 nitrogen and oxygen atoms in total. The molecular formula is C17H25NO4.